The standard InChI is InChI=1S/C32H39NO20/c1-14(34)43-12-23-25(45-16(3)36)27(46-17(4)37)30(49-20(7)40)32(52-23)53-26-24(13-44-15(2)35)51-31(29(48-19(6)39)28(26)47-18(5)38)50-22-10-8-21(9-11-22)33(41)42/h8-11,23-32H,12-13H2,1-7H3/t23-,24-,25-,26-,27+,28+,29-,30-,31+,32+/m1/s1. The predicted molar refractivity (Wildman–Crippen MR) is 167 cm³/mol. The number of nitrogens with zero attached hydrogens (tertiary/aromatic N) is 1. The SMILES string of the molecule is CC(=O)OC[C@H]1O[C@@H](O[C@H]2[C@H](OC(C)=O)[C@@H](OC(C)=O)[C@@H](Oc3ccc([N+](=O)[O-])cc3)O[C@@H]2COC(C)=O)[C@H](OC(C)=O)[C@@H](OC(C)=O)[C@@H]1OC(C)=O. The van der Waals surface area contributed by atoms with E-state index in [0.29, 0.717) is 0 Å². The third kappa shape index (κ3) is 12.4. The van der Waals surface area contributed by atoms with E-state index in [4.69, 9.17) is 52.1 Å². The molecule has 2 heterocycles. The maximum Gasteiger partial charge on any atom is 0.303 e. The molecule has 53 heavy (non-hydrogen) atoms. The molecule has 0 N–H and O–H groups in total. The van der Waals surface area contributed by atoms with Gasteiger partial charge in [-0.1, -0.05) is 0 Å². The van der Waals surface area contributed by atoms with Crippen LogP contribution in [0.1, 0.15) is 48.5 Å². The molecule has 0 bridgehead atoms. The number of non-ortho nitro benzene ring substituents is 1. The van der Waals surface area contributed by atoms with Crippen molar-refractivity contribution in [3.8, 4) is 5.75 Å². The zero-order valence-electron chi connectivity index (χ0n) is 29.6. The molecule has 1 aromatic rings. The van der Waals surface area contributed by atoms with Crippen molar-refractivity contribution >= 4 is 47.5 Å². The molecule has 0 spiro atoms. The number of nitro groups is 1. The lowest BCUT2D eigenvalue weighted by molar-refractivity contribution is -0.384. The molecule has 0 aliphatic carbocycles. The second-order valence-corrected chi connectivity index (χ2v) is 11.5. The minimum Gasteiger partial charge on any atom is -0.463 e. The van der Waals surface area contributed by atoms with Gasteiger partial charge in [-0.2, -0.15) is 0 Å². The number of hydrogen-bond donors (Lipinski definition) is 0. The molecule has 1 aromatic carbocycles. The lowest BCUT2D eigenvalue weighted by Crippen LogP contribution is -2.67. The van der Waals surface area contributed by atoms with Crippen molar-refractivity contribution < 1.29 is 90.6 Å². The Kier molecular flexibility index (Phi) is 15.0. The normalized spacial score (nSPS) is 27.9. The summed E-state index contributed by atoms with van der Waals surface area (Å²) in [7, 11) is 0. The van der Waals surface area contributed by atoms with E-state index >= 15 is 0 Å². The Morgan fingerprint density at radius 1 is 0.547 bits per heavy atom. The second-order valence-electron chi connectivity index (χ2n) is 11.5. The maximum atomic E-state index is 12.5. The molecule has 0 radical (unpaired) electrons. The summed E-state index contributed by atoms with van der Waals surface area (Å²) in [6.45, 7) is 6.00. The highest BCUT2D eigenvalue weighted by Gasteiger charge is 2.58. The van der Waals surface area contributed by atoms with Gasteiger partial charge >= 0.3 is 41.8 Å². The molecular formula is C32H39NO20. The van der Waals surface area contributed by atoms with Crippen LogP contribution in [0.5, 0.6) is 5.75 Å². The number of carbonyl (C=O) groups excluding carboxylic acids is 7. The van der Waals surface area contributed by atoms with E-state index in [1.165, 1.54) is 12.1 Å². The Bertz CT molecular complexity index is 1530. The fourth-order valence-corrected chi connectivity index (χ4v) is 5.35. The van der Waals surface area contributed by atoms with E-state index in [1.54, 1.807) is 0 Å². The summed E-state index contributed by atoms with van der Waals surface area (Å²) in [6.07, 6.45) is -16.4. The predicted octanol–water partition coefficient (Wildman–Crippen LogP) is 0.593. The van der Waals surface area contributed by atoms with Crippen molar-refractivity contribution in [2.45, 2.75) is 110 Å². The van der Waals surface area contributed by atoms with Gasteiger partial charge in [0.15, 0.2) is 30.7 Å². The first-order valence-electron chi connectivity index (χ1n) is 15.9. The van der Waals surface area contributed by atoms with E-state index in [2.05, 4.69) is 0 Å². The van der Waals surface area contributed by atoms with Crippen molar-refractivity contribution in [1.29, 1.82) is 0 Å². The van der Waals surface area contributed by atoms with Crippen LogP contribution < -0.4 is 4.74 Å². The maximum absolute atomic E-state index is 12.5. The average molecular weight is 758 g/mol. The Morgan fingerprint density at radius 2 is 0.925 bits per heavy atom. The minimum atomic E-state index is -1.85. The average Bonchev–Trinajstić information content (AvgIpc) is 3.03. The fourth-order valence-electron chi connectivity index (χ4n) is 5.35. The van der Waals surface area contributed by atoms with Crippen LogP contribution in [0.3, 0.4) is 0 Å². The number of esters is 7. The molecule has 0 amide bonds. The number of carbonyl (C=O) groups is 7. The monoisotopic (exact) mass is 757 g/mol. The third-order valence-corrected chi connectivity index (χ3v) is 7.19. The summed E-state index contributed by atoms with van der Waals surface area (Å²) in [4.78, 5) is 96.0. The van der Waals surface area contributed by atoms with E-state index in [9.17, 15) is 43.7 Å². The van der Waals surface area contributed by atoms with Gasteiger partial charge in [0, 0.05) is 60.6 Å². The molecule has 292 valence electrons. The molecule has 10 atom stereocenters. The van der Waals surface area contributed by atoms with Crippen LogP contribution in [-0.4, -0.2) is 121 Å². The first kappa shape index (κ1) is 42.0. The number of rotatable bonds is 14. The van der Waals surface area contributed by atoms with Crippen molar-refractivity contribution in [2.75, 3.05) is 13.2 Å². The Morgan fingerprint density at radius 3 is 1.36 bits per heavy atom. The largest absolute Gasteiger partial charge is 0.463 e. The molecule has 3 rings (SSSR count). The van der Waals surface area contributed by atoms with Gasteiger partial charge in [0.05, 0.1) is 4.92 Å². The van der Waals surface area contributed by atoms with Gasteiger partial charge in [-0.3, -0.25) is 43.7 Å². The molecule has 2 fully saturated rings. The molecular weight excluding hydrogens is 718 g/mol. The van der Waals surface area contributed by atoms with Gasteiger partial charge in [-0.15, -0.1) is 0 Å². The second kappa shape index (κ2) is 18.9. The summed E-state index contributed by atoms with van der Waals surface area (Å²) in [5.41, 5.74) is -0.276. The van der Waals surface area contributed by atoms with Crippen LogP contribution in [0.4, 0.5) is 5.69 Å². The van der Waals surface area contributed by atoms with Gasteiger partial charge in [0.1, 0.15) is 37.3 Å². The highest BCUT2D eigenvalue weighted by molar-refractivity contribution is 5.69. The molecule has 0 saturated carbocycles. The minimum absolute atomic E-state index is 0.0236. The van der Waals surface area contributed by atoms with Gasteiger partial charge in [0.25, 0.3) is 5.69 Å². The van der Waals surface area contributed by atoms with Crippen LogP contribution in [0.25, 0.3) is 0 Å². The number of hydrogen-bond acceptors (Lipinski definition) is 20. The topological polar surface area (TPSA) is 264 Å². The quantitative estimate of drug-likeness (QED) is 0.109. The molecule has 2 aliphatic heterocycles. The lowest BCUT2D eigenvalue weighted by Gasteiger charge is -2.48. The van der Waals surface area contributed by atoms with Crippen LogP contribution in [0.15, 0.2) is 24.3 Å². The Hall–Kier alpha value is -5.41. The zero-order valence-corrected chi connectivity index (χ0v) is 29.6. The summed E-state index contributed by atoms with van der Waals surface area (Å²) in [5.74, 6) is -6.22. The molecule has 0 aromatic heterocycles. The summed E-state index contributed by atoms with van der Waals surface area (Å²) in [5, 5.41) is 11.2. The van der Waals surface area contributed by atoms with Crippen molar-refractivity contribution in [1.82, 2.24) is 0 Å². The van der Waals surface area contributed by atoms with E-state index < -0.39 is 121 Å². The molecule has 21 heteroatoms. The van der Waals surface area contributed by atoms with E-state index in [-0.39, 0.29) is 11.4 Å². The van der Waals surface area contributed by atoms with Gasteiger partial charge in [-0.05, 0) is 12.1 Å². The highest BCUT2D eigenvalue weighted by atomic mass is 16.8. The van der Waals surface area contributed by atoms with Gasteiger partial charge < -0.3 is 52.1 Å². The van der Waals surface area contributed by atoms with E-state index in [1.807, 2.05) is 0 Å². The number of nitro benzene ring substituents is 1. The van der Waals surface area contributed by atoms with Crippen molar-refractivity contribution in [3.05, 3.63) is 34.4 Å². The smallest absolute Gasteiger partial charge is 0.303 e. The highest BCUT2D eigenvalue weighted by Crippen LogP contribution is 2.36. The molecule has 2 aliphatic rings. The Balaban J connectivity index is 2.16. The van der Waals surface area contributed by atoms with Crippen LogP contribution in [0, 0.1) is 10.1 Å². The summed E-state index contributed by atoms with van der Waals surface area (Å²) >= 11 is 0. The van der Waals surface area contributed by atoms with Gasteiger partial charge in [-0.25, -0.2) is 0 Å². The zero-order chi connectivity index (χ0) is 39.6. The summed E-state index contributed by atoms with van der Waals surface area (Å²) < 4.78 is 61.9. The molecule has 0 unspecified atom stereocenters. The number of benzene rings is 1. The molecule has 2 saturated heterocycles. The fraction of sp³-hybridized carbons (Fsp3) is 0.594. The summed E-state index contributed by atoms with van der Waals surface area (Å²) in [6, 6.07) is 4.67. The van der Waals surface area contributed by atoms with Crippen LogP contribution >= 0.6 is 0 Å². The van der Waals surface area contributed by atoms with Crippen LogP contribution in [0.2, 0.25) is 0 Å². The molecule has 21 nitrogen and oxygen atoms in total. The van der Waals surface area contributed by atoms with Crippen molar-refractivity contribution in [2.24, 2.45) is 0 Å². The van der Waals surface area contributed by atoms with Crippen LogP contribution in [-0.2, 0) is 80.9 Å². The first-order chi connectivity index (χ1) is 24.9. The first-order valence-corrected chi connectivity index (χ1v) is 15.9. The third-order valence-electron chi connectivity index (χ3n) is 7.19. The van der Waals surface area contributed by atoms with Gasteiger partial charge in [0.2, 0.25) is 12.4 Å². The lowest BCUT2D eigenvalue weighted by atomic mass is 9.96. The van der Waals surface area contributed by atoms with E-state index in [0.717, 1.165) is 60.6 Å². The Labute approximate surface area is 301 Å². The number of ether oxygens (including phenoxy) is 11. The van der Waals surface area contributed by atoms with Crippen molar-refractivity contribution in [3.63, 3.8) is 0 Å².